The fourth-order valence-corrected chi connectivity index (χ4v) is 1.09. The van der Waals surface area contributed by atoms with Gasteiger partial charge in [0.05, 0.1) is 6.61 Å². The molecule has 0 aliphatic carbocycles. The zero-order valence-corrected chi connectivity index (χ0v) is 9.20. The predicted octanol–water partition coefficient (Wildman–Crippen LogP) is 2.88. The van der Waals surface area contributed by atoms with E-state index in [1.54, 1.807) is 18.2 Å². The number of hydrogen-bond donors (Lipinski definition) is 0. The highest BCUT2D eigenvalue weighted by Crippen LogP contribution is 2.14. The minimum Gasteiger partial charge on any atom is -0.488 e. The van der Waals surface area contributed by atoms with E-state index in [-0.39, 0.29) is 11.6 Å². The van der Waals surface area contributed by atoms with Crippen molar-refractivity contribution in [1.29, 1.82) is 0 Å². The molecule has 1 aromatic carbocycles. The van der Waals surface area contributed by atoms with E-state index in [1.165, 1.54) is 6.07 Å². The van der Waals surface area contributed by atoms with Gasteiger partial charge in [0.1, 0.15) is 6.61 Å². The summed E-state index contributed by atoms with van der Waals surface area (Å²) in [6.07, 6.45) is 0. The molecule has 3 heteroatoms. The van der Waals surface area contributed by atoms with Crippen LogP contribution < -0.4 is 4.74 Å². The third-order valence-corrected chi connectivity index (χ3v) is 1.77. The van der Waals surface area contributed by atoms with Crippen LogP contribution in [-0.2, 0) is 4.74 Å². The Morgan fingerprint density at radius 2 is 1.93 bits per heavy atom. The summed E-state index contributed by atoms with van der Waals surface area (Å²) < 4.78 is 23.6. The first kappa shape index (κ1) is 12.0. The van der Waals surface area contributed by atoms with Gasteiger partial charge in [-0.3, -0.25) is 0 Å². The molecule has 0 saturated heterocycles. The Kier molecular flexibility index (Phi) is 5.12. The first-order valence-corrected chi connectivity index (χ1v) is 5.15. The highest BCUT2D eigenvalue weighted by molar-refractivity contribution is 5.23. The van der Waals surface area contributed by atoms with E-state index in [0.717, 1.165) is 0 Å². The zero-order valence-electron chi connectivity index (χ0n) is 9.20. The van der Waals surface area contributed by atoms with Gasteiger partial charge in [0.25, 0.3) is 0 Å². The number of benzene rings is 1. The maximum atomic E-state index is 13.1. The van der Waals surface area contributed by atoms with Gasteiger partial charge in [-0.1, -0.05) is 26.0 Å². The third kappa shape index (κ3) is 4.79. The molecule has 1 aromatic rings. The first-order valence-electron chi connectivity index (χ1n) is 5.15. The third-order valence-electron chi connectivity index (χ3n) is 1.77. The average molecular weight is 212 g/mol. The highest BCUT2D eigenvalue weighted by atomic mass is 19.1. The molecule has 0 N–H and O–H groups in total. The van der Waals surface area contributed by atoms with Crippen LogP contribution in [0.4, 0.5) is 4.39 Å². The standard InChI is InChI=1S/C12H17FO2/c1-10(2)9-14-7-8-15-12-6-4-3-5-11(12)13/h3-6,10H,7-9H2,1-2H3. The second-order valence-corrected chi connectivity index (χ2v) is 3.75. The number of ether oxygens (including phenoxy) is 2. The minimum absolute atomic E-state index is 0.283. The lowest BCUT2D eigenvalue weighted by atomic mass is 10.2. The molecular formula is C12H17FO2. The van der Waals surface area contributed by atoms with E-state index in [9.17, 15) is 4.39 Å². The van der Waals surface area contributed by atoms with E-state index in [0.29, 0.717) is 25.7 Å². The first-order chi connectivity index (χ1) is 7.20. The van der Waals surface area contributed by atoms with Crippen molar-refractivity contribution in [2.75, 3.05) is 19.8 Å². The Hall–Kier alpha value is -1.09. The van der Waals surface area contributed by atoms with Crippen LogP contribution in [0.15, 0.2) is 24.3 Å². The summed E-state index contributed by atoms with van der Waals surface area (Å²) in [5.74, 6) is 0.463. The minimum atomic E-state index is -0.332. The summed E-state index contributed by atoms with van der Waals surface area (Å²) in [7, 11) is 0. The fraction of sp³-hybridized carbons (Fsp3) is 0.500. The van der Waals surface area contributed by atoms with Crippen molar-refractivity contribution in [3.05, 3.63) is 30.1 Å². The molecule has 0 unspecified atom stereocenters. The Morgan fingerprint density at radius 1 is 1.20 bits per heavy atom. The normalized spacial score (nSPS) is 10.7. The van der Waals surface area contributed by atoms with Gasteiger partial charge in [-0.2, -0.15) is 0 Å². The smallest absolute Gasteiger partial charge is 0.165 e. The van der Waals surface area contributed by atoms with E-state index in [2.05, 4.69) is 13.8 Å². The second-order valence-electron chi connectivity index (χ2n) is 3.75. The average Bonchev–Trinajstić information content (AvgIpc) is 2.20. The lowest BCUT2D eigenvalue weighted by Gasteiger charge is -2.08. The van der Waals surface area contributed by atoms with Crippen molar-refractivity contribution in [3.8, 4) is 5.75 Å². The maximum Gasteiger partial charge on any atom is 0.165 e. The van der Waals surface area contributed by atoms with E-state index in [4.69, 9.17) is 9.47 Å². The summed E-state index contributed by atoms with van der Waals surface area (Å²) in [5.41, 5.74) is 0. The molecule has 2 nitrogen and oxygen atoms in total. The molecule has 0 bridgehead atoms. The van der Waals surface area contributed by atoms with Crippen LogP contribution in [-0.4, -0.2) is 19.8 Å². The second kappa shape index (κ2) is 6.40. The van der Waals surface area contributed by atoms with Crippen molar-refractivity contribution >= 4 is 0 Å². The molecule has 0 aliphatic rings. The molecule has 0 atom stereocenters. The summed E-state index contributed by atoms with van der Waals surface area (Å²) in [4.78, 5) is 0. The van der Waals surface area contributed by atoms with Gasteiger partial charge in [-0.05, 0) is 18.1 Å². The maximum absolute atomic E-state index is 13.1. The van der Waals surface area contributed by atoms with Gasteiger partial charge in [-0.25, -0.2) is 4.39 Å². The summed E-state index contributed by atoms with van der Waals surface area (Å²) >= 11 is 0. The quantitative estimate of drug-likeness (QED) is 0.675. The number of halogens is 1. The Balaban J connectivity index is 2.18. The summed E-state index contributed by atoms with van der Waals surface area (Å²) in [6.45, 7) is 5.75. The molecule has 0 fully saturated rings. The summed E-state index contributed by atoms with van der Waals surface area (Å²) in [6, 6.07) is 6.37. The monoisotopic (exact) mass is 212 g/mol. The van der Waals surface area contributed by atoms with E-state index in [1.807, 2.05) is 0 Å². The molecule has 0 amide bonds. The zero-order chi connectivity index (χ0) is 11.1. The molecule has 0 spiro atoms. The van der Waals surface area contributed by atoms with Crippen molar-refractivity contribution in [2.45, 2.75) is 13.8 Å². The van der Waals surface area contributed by atoms with Crippen molar-refractivity contribution in [3.63, 3.8) is 0 Å². The van der Waals surface area contributed by atoms with Crippen LogP contribution in [0, 0.1) is 11.7 Å². The van der Waals surface area contributed by atoms with Crippen LogP contribution in [0.25, 0.3) is 0 Å². The predicted molar refractivity (Wildman–Crippen MR) is 57.6 cm³/mol. The Labute approximate surface area is 90.0 Å². The molecule has 15 heavy (non-hydrogen) atoms. The van der Waals surface area contributed by atoms with Crippen LogP contribution in [0.5, 0.6) is 5.75 Å². The molecule has 0 heterocycles. The van der Waals surface area contributed by atoms with Crippen LogP contribution in [0.3, 0.4) is 0 Å². The topological polar surface area (TPSA) is 18.5 Å². The van der Waals surface area contributed by atoms with Crippen molar-refractivity contribution < 1.29 is 13.9 Å². The molecule has 0 aliphatic heterocycles. The molecule has 0 radical (unpaired) electrons. The SMILES string of the molecule is CC(C)COCCOc1ccccc1F. The van der Waals surface area contributed by atoms with Crippen LogP contribution in [0.2, 0.25) is 0 Å². The fourth-order valence-electron chi connectivity index (χ4n) is 1.09. The van der Waals surface area contributed by atoms with Crippen molar-refractivity contribution in [1.82, 2.24) is 0 Å². The van der Waals surface area contributed by atoms with Crippen molar-refractivity contribution in [2.24, 2.45) is 5.92 Å². The Morgan fingerprint density at radius 3 is 2.60 bits per heavy atom. The summed E-state index contributed by atoms with van der Waals surface area (Å²) in [5, 5.41) is 0. The lowest BCUT2D eigenvalue weighted by molar-refractivity contribution is 0.0808. The Bertz CT molecular complexity index is 287. The molecule has 0 saturated carbocycles. The van der Waals surface area contributed by atoms with Gasteiger partial charge in [0, 0.05) is 6.61 Å². The van der Waals surface area contributed by atoms with Crippen LogP contribution >= 0.6 is 0 Å². The van der Waals surface area contributed by atoms with Gasteiger partial charge in [0.2, 0.25) is 0 Å². The lowest BCUT2D eigenvalue weighted by Crippen LogP contribution is -2.10. The molecule has 84 valence electrons. The molecule has 0 aromatic heterocycles. The van der Waals surface area contributed by atoms with Gasteiger partial charge >= 0.3 is 0 Å². The molecule has 1 rings (SSSR count). The largest absolute Gasteiger partial charge is 0.488 e. The van der Waals surface area contributed by atoms with E-state index >= 15 is 0 Å². The number of rotatable bonds is 6. The van der Waals surface area contributed by atoms with Gasteiger partial charge in [0.15, 0.2) is 11.6 Å². The number of hydrogen-bond acceptors (Lipinski definition) is 2. The number of para-hydroxylation sites is 1. The highest BCUT2D eigenvalue weighted by Gasteiger charge is 2.00. The van der Waals surface area contributed by atoms with Gasteiger partial charge in [-0.15, -0.1) is 0 Å². The van der Waals surface area contributed by atoms with Gasteiger partial charge < -0.3 is 9.47 Å². The van der Waals surface area contributed by atoms with E-state index < -0.39 is 0 Å². The van der Waals surface area contributed by atoms with Crippen LogP contribution in [0.1, 0.15) is 13.8 Å². The molecular weight excluding hydrogens is 195 g/mol.